The molecule has 1 aromatic carbocycles. The number of hydrogen-bond donors (Lipinski definition) is 2. The van der Waals surface area contributed by atoms with Crippen molar-refractivity contribution < 1.29 is 8.42 Å². The van der Waals surface area contributed by atoms with Crippen LogP contribution in [-0.4, -0.2) is 13.4 Å². The van der Waals surface area contributed by atoms with E-state index in [1.54, 1.807) is 18.2 Å². The van der Waals surface area contributed by atoms with Crippen LogP contribution in [0.4, 0.5) is 5.69 Å². The zero-order valence-electron chi connectivity index (χ0n) is 11.3. The highest BCUT2D eigenvalue weighted by Crippen LogP contribution is 2.18. The van der Waals surface area contributed by atoms with Crippen molar-refractivity contribution in [3.63, 3.8) is 0 Å². The summed E-state index contributed by atoms with van der Waals surface area (Å²) >= 11 is 0. The Morgan fingerprint density at radius 2 is 1.75 bits per heavy atom. The van der Waals surface area contributed by atoms with E-state index in [0.29, 0.717) is 5.92 Å². The molecule has 0 bridgehead atoms. The number of sulfonamides is 1. The van der Waals surface area contributed by atoms with Crippen LogP contribution >= 0.6 is 0 Å². The molecule has 1 heterocycles. The normalized spacial score (nSPS) is 11.6. The first-order valence-electron chi connectivity index (χ1n) is 6.20. The number of hydrogen-bond acceptors (Lipinski definition) is 3. The maximum absolute atomic E-state index is 12.2. The van der Waals surface area contributed by atoms with Gasteiger partial charge in [-0.3, -0.25) is 9.52 Å². The van der Waals surface area contributed by atoms with E-state index < -0.39 is 15.6 Å². The van der Waals surface area contributed by atoms with Gasteiger partial charge in [0.2, 0.25) is 0 Å². The Morgan fingerprint density at radius 1 is 1.10 bits per heavy atom. The van der Waals surface area contributed by atoms with Gasteiger partial charge in [-0.15, -0.1) is 0 Å². The number of pyridine rings is 1. The molecule has 2 aromatic rings. The van der Waals surface area contributed by atoms with E-state index in [2.05, 4.69) is 9.71 Å². The zero-order valence-corrected chi connectivity index (χ0v) is 12.1. The van der Waals surface area contributed by atoms with E-state index in [-0.39, 0.29) is 10.6 Å². The van der Waals surface area contributed by atoms with E-state index in [9.17, 15) is 13.2 Å². The molecular formula is C14H16N2O3S. The van der Waals surface area contributed by atoms with Crippen molar-refractivity contribution in [2.45, 2.75) is 24.7 Å². The van der Waals surface area contributed by atoms with Crippen molar-refractivity contribution in [3.8, 4) is 0 Å². The molecule has 0 unspecified atom stereocenters. The lowest BCUT2D eigenvalue weighted by molar-refractivity contribution is 0.601. The molecule has 0 aliphatic rings. The van der Waals surface area contributed by atoms with Gasteiger partial charge in [0.15, 0.2) is 0 Å². The fourth-order valence-electron chi connectivity index (χ4n) is 1.74. The number of anilines is 1. The lowest BCUT2D eigenvalue weighted by Gasteiger charge is -2.09. The van der Waals surface area contributed by atoms with E-state index in [0.717, 1.165) is 5.56 Å². The van der Waals surface area contributed by atoms with Crippen LogP contribution in [0, 0.1) is 0 Å². The largest absolute Gasteiger partial charge is 0.327 e. The molecule has 2 rings (SSSR count). The maximum Gasteiger partial charge on any atom is 0.272 e. The Balaban J connectivity index is 2.31. The predicted molar refractivity (Wildman–Crippen MR) is 78.4 cm³/mol. The highest BCUT2D eigenvalue weighted by molar-refractivity contribution is 7.92. The molecule has 6 heteroatoms. The standard InChI is InChI=1S/C14H16N2O3S/c1-10(2)11-5-7-12(8-6-11)20(18,19)16-13-4-3-9-15-14(13)17/h3-10,16H,1-2H3,(H,15,17). The van der Waals surface area contributed by atoms with Crippen molar-refractivity contribution in [1.29, 1.82) is 0 Å². The molecule has 1 aromatic heterocycles. The van der Waals surface area contributed by atoms with Crippen molar-refractivity contribution >= 4 is 15.7 Å². The third kappa shape index (κ3) is 3.08. The van der Waals surface area contributed by atoms with Crippen LogP contribution in [0.2, 0.25) is 0 Å². The minimum atomic E-state index is -3.75. The molecule has 0 atom stereocenters. The summed E-state index contributed by atoms with van der Waals surface area (Å²) in [6, 6.07) is 9.59. The second-order valence-corrected chi connectivity index (χ2v) is 6.42. The molecule has 0 saturated heterocycles. The first-order valence-corrected chi connectivity index (χ1v) is 7.69. The molecule has 0 radical (unpaired) electrons. The van der Waals surface area contributed by atoms with Gasteiger partial charge in [-0.2, -0.15) is 0 Å². The van der Waals surface area contributed by atoms with Gasteiger partial charge in [0.1, 0.15) is 5.69 Å². The average Bonchev–Trinajstić information content (AvgIpc) is 2.41. The number of aromatic nitrogens is 1. The van der Waals surface area contributed by atoms with Crippen LogP contribution in [0.15, 0.2) is 52.3 Å². The molecule has 0 saturated carbocycles. The number of rotatable bonds is 4. The molecule has 0 aliphatic carbocycles. The fraction of sp³-hybridized carbons (Fsp3) is 0.214. The van der Waals surface area contributed by atoms with E-state index in [4.69, 9.17) is 0 Å². The Hall–Kier alpha value is -2.08. The summed E-state index contributed by atoms with van der Waals surface area (Å²) in [5, 5.41) is 0. The van der Waals surface area contributed by atoms with Gasteiger partial charge >= 0.3 is 0 Å². The highest BCUT2D eigenvalue weighted by Gasteiger charge is 2.15. The van der Waals surface area contributed by atoms with Crippen LogP contribution in [0.25, 0.3) is 0 Å². The predicted octanol–water partition coefficient (Wildman–Crippen LogP) is 2.30. The van der Waals surface area contributed by atoms with Crippen LogP contribution in [0.3, 0.4) is 0 Å². The summed E-state index contributed by atoms with van der Waals surface area (Å²) < 4.78 is 26.6. The Bertz CT molecular complexity index is 746. The number of H-pyrrole nitrogens is 1. The second-order valence-electron chi connectivity index (χ2n) is 4.74. The van der Waals surface area contributed by atoms with Gasteiger partial charge in [0, 0.05) is 6.20 Å². The lowest BCUT2D eigenvalue weighted by atomic mass is 10.0. The maximum atomic E-state index is 12.2. The van der Waals surface area contributed by atoms with E-state index in [1.165, 1.54) is 24.4 Å². The lowest BCUT2D eigenvalue weighted by Crippen LogP contribution is -2.19. The van der Waals surface area contributed by atoms with Crippen molar-refractivity contribution in [3.05, 3.63) is 58.5 Å². The molecule has 2 N–H and O–H groups in total. The molecule has 0 amide bonds. The fourth-order valence-corrected chi connectivity index (χ4v) is 2.80. The Morgan fingerprint density at radius 3 is 2.30 bits per heavy atom. The summed E-state index contributed by atoms with van der Waals surface area (Å²) in [7, 11) is -3.75. The van der Waals surface area contributed by atoms with Crippen molar-refractivity contribution in [1.82, 2.24) is 4.98 Å². The van der Waals surface area contributed by atoms with Gasteiger partial charge in [-0.25, -0.2) is 8.42 Å². The molecule has 106 valence electrons. The van der Waals surface area contributed by atoms with Gasteiger partial charge < -0.3 is 4.98 Å². The highest BCUT2D eigenvalue weighted by atomic mass is 32.2. The molecule has 20 heavy (non-hydrogen) atoms. The smallest absolute Gasteiger partial charge is 0.272 e. The number of benzene rings is 1. The Labute approximate surface area is 117 Å². The number of aromatic amines is 1. The Kier molecular flexibility index (Phi) is 3.94. The van der Waals surface area contributed by atoms with Crippen LogP contribution in [0.1, 0.15) is 25.3 Å². The monoisotopic (exact) mass is 292 g/mol. The minimum absolute atomic E-state index is 0.000404. The SMILES string of the molecule is CC(C)c1ccc(S(=O)(=O)Nc2ccc[nH]c2=O)cc1. The third-order valence-electron chi connectivity index (χ3n) is 2.92. The molecule has 0 spiro atoms. The summed E-state index contributed by atoms with van der Waals surface area (Å²) in [4.78, 5) is 14.0. The van der Waals surface area contributed by atoms with Gasteiger partial charge in [-0.05, 0) is 35.7 Å². The van der Waals surface area contributed by atoms with Gasteiger partial charge in [0.05, 0.1) is 4.90 Å². The summed E-state index contributed by atoms with van der Waals surface area (Å²) in [5.74, 6) is 0.330. The van der Waals surface area contributed by atoms with Crippen LogP contribution < -0.4 is 10.3 Å². The second kappa shape index (κ2) is 5.50. The zero-order chi connectivity index (χ0) is 14.8. The van der Waals surface area contributed by atoms with Crippen molar-refractivity contribution in [2.75, 3.05) is 4.72 Å². The topological polar surface area (TPSA) is 79.0 Å². The first kappa shape index (κ1) is 14.3. The summed E-state index contributed by atoms with van der Waals surface area (Å²) in [5.41, 5.74) is 0.580. The molecule has 0 fully saturated rings. The first-order chi connectivity index (χ1) is 9.40. The van der Waals surface area contributed by atoms with Gasteiger partial charge in [-0.1, -0.05) is 26.0 Å². The van der Waals surface area contributed by atoms with E-state index >= 15 is 0 Å². The quantitative estimate of drug-likeness (QED) is 0.907. The van der Waals surface area contributed by atoms with E-state index in [1.807, 2.05) is 13.8 Å². The number of nitrogens with one attached hydrogen (secondary N) is 2. The minimum Gasteiger partial charge on any atom is -0.327 e. The molecule has 0 aliphatic heterocycles. The van der Waals surface area contributed by atoms with Crippen LogP contribution in [0.5, 0.6) is 0 Å². The van der Waals surface area contributed by atoms with Crippen molar-refractivity contribution in [2.24, 2.45) is 0 Å². The molecule has 5 nitrogen and oxygen atoms in total. The summed E-state index contributed by atoms with van der Waals surface area (Å²) in [6.45, 7) is 4.07. The third-order valence-corrected chi connectivity index (χ3v) is 4.30. The molecular weight excluding hydrogens is 276 g/mol. The summed E-state index contributed by atoms with van der Waals surface area (Å²) in [6.07, 6.45) is 1.44. The average molecular weight is 292 g/mol. The van der Waals surface area contributed by atoms with Gasteiger partial charge in [0.25, 0.3) is 15.6 Å². The van der Waals surface area contributed by atoms with Crippen LogP contribution in [-0.2, 0) is 10.0 Å².